The minimum absolute atomic E-state index is 0.272. The molecular weight excluding hydrogens is 222 g/mol. The lowest BCUT2D eigenvalue weighted by Gasteiger charge is -2.07. The van der Waals surface area contributed by atoms with E-state index in [2.05, 4.69) is 10.2 Å². The SMILES string of the molecule is CCn1c(-c2cccc(O)c2C)n[nH]c1=S. The van der Waals surface area contributed by atoms with Gasteiger partial charge in [0.2, 0.25) is 0 Å². The van der Waals surface area contributed by atoms with Crippen LogP contribution in [0, 0.1) is 11.7 Å². The van der Waals surface area contributed by atoms with Crippen LogP contribution >= 0.6 is 12.2 Å². The van der Waals surface area contributed by atoms with E-state index in [1.54, 1.807) is 12.1 Å². The molecule has 1 heterocycles. The molecular formula is C11H13N3OS. The Balaban J connectivity index is 2.68. The van der Waals surface area contributed by atoms with E-state index in [1.807, 2.05) is 24.5 Å². The fraction of sp³-hybridized carbons (Fsp3) is 0.273. The molecule has 0 saturated carbocycles. The van der Waals surface area contributed by atoms with Crippen molar-refractivity contribution in [1.29, 1.82) is 0 Å². The largest absolute Gasteiger partial charge is 0.508 e. The Morgan fingerprint density at radius 3 is 2.94 bits per heavy atom. The van der Waals surface area contributed by atoms with Crippen molar-refractivity contribution in [2.24, 2.45) is 0 Å². The number of aromatic hydroxyl groups is 1. The lowest BCUT2D eigenvalue weighted by atomic mass is 10.1. The molecule has 0 saturated heterocycles. The molecule has 0 spiro atoms. The standard InChI is InChI=1S/C11H13N3OS/c1-3-14-10(12-13-11(14)16)8-5-4-6-9(15)7(8)2/h4-6,15H,3H2,1-2H3,(H,13,16). The van der Waals surface area contributed by atoms with Gasteiger partial charge in [-0.2, -0.15) is 5.10 Å². The zero-order valence-corrected chi connectivity index (χ0v) is 10.0. The quantitative estimate of drug-likeness (QED) is 0.787. The van der Waals surface area contributed by atoms with E-state index in [0.29, 0.717) is 4.77 Å². The first-order chi connectivity index (χ1) is 7.65. The van der Waals surface area contributed by atoms with Crippen molar-refractivity contribution in [3.63, 3.8) is 0 Å². The molecule has 0 aliphatic heterocycles. The first-order valence-electron chi connectivity index (χ1n) is 5.09. The number of hydrogen-bond donors (Lipinski definition) is 2. The number of H-pyrrole nitrogens is 1. The van der Waals surface area contributed by atoms with Crippen molar-refractivity contribution in [1.82, 2.24) is 14.8 Å². The number of nitrogens with one attached hydrogen (secondary N) is 1. The molecule has 0 aliphatic carbocycles. The maximum atomic E-state index is 9.66. The molecule has 2 rings (SSSR count). The first-order valence-corrected chi connectivity index (χ1v) is 5.50. The summed E-state index contributed by atoms with van der Waals surface area (Å²) in [5.41, 5.74) is 1.71. The van der Waals surface area contributed by atoms with Crippen molar-refractivity contribution in [3.8, 4) is 17.1 Å². The summed E-state index contributed by atoms with van der Waals surface area (Å²) in [5, 5.41) is 16.6. The van der Waals surface area contributed by atoms with Crippen LogP contribution in [0.2, 0.25) is 0 Å². The van der Waals surface area contributed by atoms with Gasteiger partial charge < -0.3 is 9.67 Å². The van der Waals surface area contributed by atoms with E-state index in [-0.39, 0.29) is 5.75 Å². The smallest absolute Gasteiger partial charge is 0.195 e. The second-order valence-corrected chi connectivity index (χ2v) is 3.93. The molecule has 0 atom stereocenters. The minimum Gasteiger partial charge on any atom is -0.508 e. The number of aromatic amines is 1. The number of hydrogen-bond acceptors (Lipinski definition) is 3. The summed E-state index contributed by atoms with van der Waals surface area (Å²) < 4.78 is 2.50. The van der Waals surface area contributed by atoms with Crippen LogP contribution in [0.1, 0.15) is 12.5 Å². The van der Waals surface area contributed by atoms with Crippen LogP contribution in [0.5, 0.6) is 5.75 Å². The van der Waals surface area contributed by atoms with Crippen LogP contribution in [0.15, 0.2) is 18.2 Å². The van der Waals surface area contributed by atoms with Crippen LogP contribution in [0.4, 0.5) is 0 Å². The van der Waals surface area contributed by atoms with Crippen LogP contribution in [0.25, 0.3) is 11.4 Å². The van der Waals surface area contributed by atoms with Gasteiger partial charge in [-0.05, 0) is 32.1 Å². The number of nitrogens with zero attached hydrogens (tertiary/aromatic N) is 2. The third-order valence-electron chi connectivity index (χ3n) is 2.62. The lowest BCUT2D eigenvalue weighted by molar-refractivity contribution is 0.471. The van der Waals surface area contributed by atoms with Crippen molar-refractivity contribution in [3.05, 3.63) is 28.5 Å². The van der Waals surface area contributed by atoms with E-state index in [4.69, 9.17) is 12.2 Å². The molecule has 84 valence electrons. The Hall–Kier alpha value is -1.62. The van der Waals surface area contributed by atoms with Gasteiger partial charge in [-0.25, -0.2) is 0 Å². The topological polar surface area (TPSA) is 53.8 Å². The molecule has 2 N–H and O–H groups in total. The molecule has 0 bridgehead atoms. The second kappa shape index (κ2) is 4.09. The average molecular weight is 235 g/mol. The molecule has 5 heteroatoms. The first kappa shape index (κ1) is 10.9. The summed E-state index contributed by atoms with van der Waals surface area (Å²) in [6.45, 7) is 4.62. The molecule has 0 aliphatic rings. The van der Waals surface area contributed by atoms with Crippen molar-refractivity contribution >= 4 is 12.2 Å². The summed E-state index contributed by atoms with van der Waals surface area (Å²) in [4.78, 5) is 0. The van der Waals surface area contributed by atoms with Gasteiger partial charge >= 0.3 is 0 Å². The van der Waals surface area contributed by atoms with Crippen LogP contribution < -0.4 is 0 Å². The molecule has 1 aromatic carbocycles. The number of aromatic nitrogens is 3. The van der Waals surface area contributed by atoms with Gasteiger partial charge in [0, 0.05) is 17.7 Å². The van der Waals surface area contributed by atoms with Gasteiger partial charge in [0.25, 0.3) is 0 Å². The summed E-state index contributed by atoms with van der Waals surface area (Å²) in [7, 11) is 0. The van der Waals surface area contributed by atoms with E-state index in [9.17, 15) is 5.11 Å². The molecule has 16 heavy (non-hydrogen) atoms. The second-order valence-electron chi connectivity index (χ2n) is 3.55. The van der Waals surface area contributed by atoms with Crippen molar-refractivity contribution < 1.29 is 5.11 Å². The molecule has 0 radical (unpaired) electrons. The van der Waals surface area contributed by atoms with E-state index in [1.165, 1.54) is 0 Å². The number of benzene rings is 1. The van der Waals surface area contributed by atoms with Crippen LogP contribution in [-0.2, 0) is 6.54 Å². The molecule has 2 aromatic rings. The molecule has 0 amide bonds. The van der Waals surface area contributed by atoms with Gasteiger partial charge in [0.05, 0.1) is 0 Å². The number of phenolic OH excluding ortho intramolecular Hbond substituents is 1. The maximum absolute atomic E-state index is 9.66. The van der Waals surface area contributed by atoms with E-state index >= 15 is 0 Å². The lowest BCUT2D eigenvalue weighted by Crippen LogP contribution is -1.98. The third kappa shape index (κ3) is 1.63. The van der Waals surface area contributed by atoms with E-state index in [0.717, 1.165) is 23.5 Å². The Bertz CT molecular complexity index is 571. The zero-order chi connectivity index (χ0) is 11.7. The fourth-order valence-electron chi connectivity index (χ4n) is 1.68. The van der Waals surface area contributed by atoms with Gasteiger partial charge in [-0.1, -0.05) is 12.1 Å². The van der Waals surface area contributed by atoms with Crippen molar-refractivity contribution in [2.75, 3.05) is 0 Å². The predicted molar refractivity (Wildman–Crippen MR) is 64.9 cm³/mol. The molecule has 0 fully saturated rings. The minimum atomic E-state index is 0.272. The van der Waals surface area contributed by atoms with E-state index < -0.39 is 0 Å². The van der Waals surface area contributed by atoms with Crippen LogP contribution in [-0.4, -0.2) is 19.9 Å². The Labute approximate surface area is 98.6 Å². The molecule has 4 nitrogen and oxygen atoms in total. The average Bonchev–Trinajstić information content (AvgIpc) is 2.63. The Morgan fingerprint density at radius 2 is 2.25 bits per heavy atom. The monoisotopic (exact) mass is 235 g/mol. The number of rotatable bonds is 2. The highest BCUT2D eigenvalue weighted by Crippen LogP contribution is 2.27. The summed E-state index contributed by atoms with van der Waals surface area (Å²) >= 11 is 5.13. The summed E-state index contributed by atoms with van der Waals surface area (Å²) in [5.74, 6) is 1.04. The predicted octanol–water partition coefficient (Wildman–Crippen LogP) is 2.64. The van der Waals surface area contributed by atoms with Crippen molar-refractivity contribution in [2.45, 2.75) is 20.4 Å². The normalized spacial score (nSPS) is 10.6. The molecule has 0 unspecified atom stereocenters. The Kier molecular flexibility index (Phi) is 2.78. The number of phenols is 1. The zero-order valence-electron chi connectivity index (χ0n) is 9.19. The van der Waals surface area contributed by atoms with Gasteiger partial charge in [-0.15, -0.1) is 0 Å². The molecule has 1 aromatic heterocycles. The van der Waals surface area contributed by atoms with Gasteiger partial charge in [-0.3, -0.25) is 5.10 Å². The summed E-state index contributed by atoms with van der Waals surface area (Å²) in [6, 6.07) is 5.39. The highest BCUT2D eigenvalue weighted by molar-refractivity contribution is 7.71. The summed E-state index contributed by atoms with van der Waals surface area (Å²) in [6.07, 6.45) is 0. The van der Waals surface area contributed by atoms with Gasteiger partial charge in [0.15, 0.2) is 10.6 Å². The van der Waals surface area contributed by atoms with Crippen LogP contribution in [0.3, 0.4) is 0 Å². The maximum Gasteiger partial charge on any atom is 0.195 e. The highest BCUT2D eigenvalue weighted by Gasteiger charge is 2.11. The van der Waals surface area contributed by atoms with Gasteiger partial charge in [0.1, 0.15) is 5.75 Å². The highest BCUT2D eigenvalue weighted by atomic mass is 32.1. The fourth-order valence-corrected chi connectivity index (χ4v) is 1.94. The Morgan fingerprint density at radius 1 is 1.50 bits per heavy atom. The third-order valence-corrected chi connectivity index (χ3v) is 2.93.